The van der Waals surface area contributed by atoms with E-state index in [1.54, 1.807) is 7.11 Å². The predicted octanol–water partition coefficient (Wildman–Crippen LogP) is 6.05. The minimum atomic E-state index is 0.575. The highest BCUT2D eigenvalue weighted by atomic mass is 16.5. The van der Waals surface area contributed by atoms with Crippen LogP contribution >= 0.6 is 0 Å². The minimum Gasteiger partial charge on any atom is -0.495 e. The standard InChI is InChI=1S/C26H32N4O/c1-17-12-24(28-16-25(17)31-2)19-8-6-18(7-9-19)14-27-22-5-3-4-21(13-22)23-15-29-30-26(23)20-10-11-20/h3-5,12-13,15-16,18-20,27H,6-11,14H2,1-2H3,(H,29,30)/t18-,19-. The van der Waals surface area contributed by atoms with Crippen LogP contribution in [-0.4, -0.2) is 28.8 Å². The average Bonchev–Trinajstić information content (AvgIpc) is 3.54. The summed E-state index contributed by atoms with van der Waals surface area (Å²) in [5.74, 6) is 2.82. The van der Waals surface area contributed by atoms with Crippen LogP contribution in [0.25, 0.3) is 11.1 Å². The first-order valence-electron chi connectivity index (χ1n) is 11.6. The molecule has 0 saturated heterocycles. The van der Waals surface area contributed by atoms with Crippen LogP contribution in [0, 0.1) is 12.8 Å². The molecule has 0 aliphatic heterocycles. The maximum Gasteiger partial charge on any atom is 0.140 e. The molecule has 5 nitrogen and oxygen atoms in total. The monoisotopic (exact) mass is 416 g/mol. The number of aryl methyl sites for hydroxylation is 1. The Balaban J connectivity index is 1.16. The molecule has 0 atom stereocenters. The third-order valence-corrected chi connectivity index (χ3v) is 6.97. The van der Waals surface area contributed by atoms with Crippen molar-refractivity contribution in [3.8, 4) is 16.9 Å². The summed E-state index contributed by atoms with van der Waals surface area (Å²) in [4.78, 5) is 4.66. The first-order chi connectivity index (χ1) is 15.2. The number of ether oxygens (including phenoxy) is 1. The van der Waals surface area contributed by atoms with E-state index >= 15 is 0 Å². The van der Waals surface area contributed by atoms with Crippen LogP contribution in [-0.2, 0) is 0 Å². The number of aromatic nitrogens is 3. The number of hydrogen-bond acceptors (Lipinski definition) is 4. The van der Waals surface area contributed by atoms with Crippen LogP contribution < -0.4 is 10.1 Å². The Bertz CT molecular complexity index is 1030. The van der Waals surface area contributed by atoms with Crippen molar-refractivity contribution in [3.05, 3.63) is 59.7 Å². The highest BCUT2D eigenvalue weighted by molar-refractivity contribution is 5.70. The zero-order valence-corrected chi connectivity index (χ0v) is 18.5. The van der Waals surface area contributed by atoms with Crippen molar-refractivity contribution in [2.75, 3.05) is 19.0 Å². The topological polar surface area (TPSA) is 62.8 Å². The molecule has 0 bridgehead atoms. The van der Waals surface area contributed by atoms with E-state index in [1.165, 1.54) is 72.3 Å². The van der Waals surface area contributed by atoms with E-state index in [-0.39, 0.29) is 0 Å². The van der Waals surface area contributed by atoms with Crippen LogP contribution in [0.1, 0.15) is 67.3 Å². The van der Waals surface area contributed by atoms with Crippen molar-refractivity contribution < 1.29 is 4.74 Å². The lowest BCUT2D eigenvalue weighted by Gasteiger charge is -2.29. The number of hydrogen-bond donors (Lipinski definition) is 2. The van der Waals surface area contributed by atoms with Crippen LogP contribution in [0.4, 0.5) is 5.69 Å². The van der Waals surface area contributed by atoms with Gasteiger partial charge in [-0.3, -0.25) is 10.1 Å². The van der Waals surface area contributed by atoms with Crippen molar-refractivity contribution in [2.45, 2.75) is 57.3 Å². The maximum atomic E-state index is 5.36. The number of nitrogens with zero attached hydrogens (tertiary/aromatic N) is 2. The second-order valence-corrected chi connectivity index (χ2v) is 9.22. The van der Waals surface area contributed by atoms with Crippen LogP contribution in [0.5, 0.6) is 5.75 Å². The highest BCUT2D eigenvalue weighted by Gasteiger charge is 2.29. The molecule has 2 aromatic heterocycles. The van der Waals surface area contributed by atoms with E-state index in [2.05, 4.69) is 57.8 Å². The van der Waals surface area contributed by atoms with Gasteiger partial charge in [0.25, 0.3) is 0 Å². The average molecular weight is 417 g/mol. The lowest BCUT2D eigenvalue weighted by molar-refractivity contribution is 0.334. The maximum absolute atomic E-state index is 5.36. The number of H-pyrrole nitrogens is 1. The third kappa shape index (κ3) is 4.46. The predicted molar refractivity (Wildman–Crippen MR) is 125 cm³/mol. The number of aromatic amines is 1. The Labute approximate surface area is 184 Å². The van der Waals surface area contributed by atoms with Gasteiger partial charge < -0.3 is 10.1 Å². The second-order valence-electron chi connectivity index (χ2n) is 9.22. The number of benzene rings is 1. The van der Waals surface area contributed by atoms with Crippen LogP contribution in [0.15, 0.2) is 42.7 Å². The van der Waals surface area contributed by atoms with E-state index in [0.717, 1.165) is 18.2 Å². The van der Waals surface area contributed by atoms with Gasteiger partial charge in [0.15, 0.2) is 0 Å². The number of rotatable bonds is 7. The molecule has 1 aromatic carbocycles. The summed E-state index contributed by atoms with van der Waals surface area (Å²) in [5, 5.41) is 11.3. The molecular weight excluding hydrogens is 384 g/mol. The molecule has 0 amide bonds. The Kier molecular flexibility index (Phi) is 5.66. The minimum absolute atomic E-state index is 0.575. The largest absolute Gasteiger partial charge is 0.495 e. The first kappa shape index (κ1) is 20.1. The molecule has 5 rings (SSSR count). The van der Waals surface area contributed by atoms with E-state index < -0.39 is 0 Å². The van der Waals surface area contributed by atoms with Gasteiger partial charge in [-0.15, -0.1) is 0 Å². The van der Waals surface area contributed by atoms with E-state index in [4.69, 9.17) is 4.74 Å². The van der Waals surface area contributed by atoms with Gasteiger partial charge in [-0.25, -0.2) is 0 Å². The number of anilines is 1. The van der Waals surface area contributed by atoms with Gasteiger partial charge in [0, 0.05) is 41.5 Å². The molecule has 0 spiro atoms. The van der Waals surface area contributed by atoms with Crippen molar-refractivity contribution in [1.82, 2.24) is 15.2 Å². The normalized spacial score (nSPS) is 21.1. The summed E-state index contributed by atoms with van der Waals surface area (Å²) in [5.41, 5.74) is 7.36. The Hall–Kier alpha value is -2.82. The fourth-order valence-corrected chi connectivity index (χ4v) is 4.92. The van der Waals surface area contributed by atoms with Gasteiger partial charge in [-0.05, 0) is 80.7 Å². The van der Waals surface area contributed by atoms with Crippen LogP contribution in [0.3, 0.4) is 0 Å². The van der Waals surface area contributed by atoms with E-state index in [0.29, 0.717) is 11.8 Å². The summed E-state index contributed by atoms with van der Waals surface area (Å²) in [6.07, 6.45) is 11.4. The lowest BCUT2D eigenvalue weighted by Crippen LogP contribution is -2.21. The fraction of sp³-hybridized carbons (Fsp3) is 0.462. The number of methoxy groups -OCH3 is 1. The quantitative estimate of drug-likeness (QED) is 0.492. The Morgan fingerprint density at radius 1 is 1.06 bits per heavy atom. The van der Waals surface area contributed by atoms with Crippen molar-refractivity contribution in [2.24, 2.45) is 5.92 Å². The summed E-state index contributed by atoms with van der Waals surface area (Å²) in [6, 6.07) is 11.0. The van der Waals surface area contributed by atoms with Crippen molar-refractivity contribution in [3.63, 3.8) is 0 Å². The molecule has 0 radical (unpaired) electrons. The Morgan fingerprint density at radius 2 is 1.87 bits per heavy atom. The molecule has 3 aromatic rings. The van der Waals surface area contributed by atoms with Crippen molar-refractivity contribution >= 4 is 5.69 Å². The summed E-state index contributed by atoms with van der Waals surface area (Å²) < 4.78 is 5.36. The van der Waals surface area contributed by atoms with Gasteiger partial charge in [0.1, 0.15) is 5.75 Å². The van der Waals surface area contributed by atoms with Gasteiger partial charge in [-0.2, -0.15) is 5.10 Å². The fourth-order valence-electron chi connectivity index (χ4n) is 4.92. The zero-order chi connectivity index (χ0) is 21.2. The molecule has 5 heteroatoms. The molecular formula is C26H32N4O. The van der Waals surface area contributed by atoms with Gasteiger partial charge in [0.2, 0.25) is 0 Å². The van der Waals surface area contributed by atoms with Gasteiger partial charge in [-0.1, -0.05) is 12.1 Å². The van der Waals surface area contributed by atoms with Crippen LogP contribution in [0.2, 0.25) is 0 Å². The van der Waals surface area contributed by atoms with Gasteiger partial charge >= 0.3 is 0 Å². The molecule has 2 heterocycles. The second kappa shape index (κ2) is 8.74. The summed E-state index contributed by atoms with van der Waals surface area (Å²) in [7, 11) is 1.71. The Morgan fingerprint density at radius 3 is 2.61 bits per heavy atom. The zero-order valence-electron chi connectivity index (χ0n) is 18.5. The van der Waals surface area contributed by atoms with Crippen molar-refractivity contribution in [1.29, 1.82) is 0 Å². The van der Waals surface area contributed by atoms with E-state index in [9.17, 15) is 0 Å². The molecule has 2 aliphatic rings. The molecule has 2 saturated carbocycles. The summed E-state index contributed by atoms with van der Waals surface area (Å²) >= 11 is 0. The smallest absolute Gasteiger partial charge is 0.140 e. The van der Waals surface area contributed by atoms with E-state index in [1.807, 2.05) is 12.4 Å². The molecule has 2 N–H and O–H groups in total. The summed E-state index contributed by atoms with van der Waals surface area (Å²) in [6.45, 7) is 3.14. The molecule has 31 heavy (non-hydrogen) atoms. The highest BCUT2D eigenvalue weighted by Crippen LogP contribution is 2.43. The molecule has 162 valence electrons. The van der Waals surface area contributed by atoms with Gasteiger partial charge in [0.05, 0.1) is 19.0 Å². The molecule has 2 fully saturated rings. The SMILES string of the molecule is COc1cnc([C@H]2CC[C@H](CNc3cccc(-c4c[nH]nc4C4CC4)c3)CC2)cc1C. The molecule has 2 aliphatic carbocycles. The third-order valence-electron chi connectivity index (χ3n) is 6.97. The number of pyridine rings is 1. The number of nitrogens with one attached hydrogen (secondary N) is 2. The molecule has 0 unspecified atom stereocenters. The first-order valence-corrected chi connectivity index (χ1v) is 11.6. The lowest BCUT2D eigenvalue weighted by atomic mass is 9.80.